The molecule has 3 rings (SSSR count). The van der Waals surface area contributed by atoms with Gasteiger partial charge in [-0.25, -0.2) is 17.8 Å². The number of halogens is 2. The number of nitrogens with zero attached hydrogens (tertiary/aromatic N) is 2. The summed E-state index contributed by atoms with van der Waals surface area (Å²) in [6.45, 7) is 0.143. The fraction of sp³-hybridized carbons (Fsp3) is 0.0625. The maximum atomic E-state index is 12.4. The van der Waals surface area contributed by atoms with Crippen molar-refractivity contribution in [1.29, 1.82) is 0 Å². The third kappa shape index (κ3) is 3.79. The minimum atomic E-state index is -3.75. The largest absolute Gasteiger partial charge is 0.242 e. The van der Waals surface area contributed by atoms with Gasteiger partial charge in [-0.1, -0.05) is 35.3 Å². The van der Waals surface area contributed by atoms with Crippen molar-refractivity contribution in [2.75, 3.05) is 0 Å². The molecule has 0 aliphatic rings. The molecule has 2 aromatic carbocycles. The van der Waals surface area contributed by atoms with Gasteiger partial charge in [0.15, 0.2) is 0 Å². The highest BCUT2D eigenvalue weighted by Crippen LogP contribution is 2.25. The normalized spacial score (nSPS) is 11.6. The quantitative estimate of drug-likeness (QED) is 0.733. The van der Waals surface area contributed by atoms with Gasteiger partial charge in [0.1, 0.15) is 4.90 Å². The first-order valence-corrected chi connectivity index (χ1v) is 9.23. The minimum Gasteiger partial charge on any atom is -0.241 e. The fourth-order valence-corrected chi connectivity index (χ4v) is 3.91. The van der Waals surface area contributed by atoms with Crippen molar-refractivity contribution in [1.82, 2.24) is 14.5 Å². The van der Waals surface area contributed by atoms with Gasteiger partial charge in [0.05, 0.1) is 10.7 Å². The van der Waals surface area contributed by atoms with Crippen LogP contribution < -0.4 is 4.72 Å². The van der Waals surface area contributed by atoms with Gasteiger partial charge in [0.25, 0.3) is 0 Å². The highest BCUT2D eigenvalue weighted by atomic mass is 35.5. The van der Waals surface area contributed by atoms with Gasteiger partial charge in [-0.05, 0) is 42.0 Å². The number of nitrogens with one attached hydrogen (secondary N) is 1. The summed E-state index contributed by atoms with van der Waals surface area (Å²) in [5, 5.41) is 4.57. The van der Waals surface area contributed by atoms with Gasteiger partial charge in [-0.3, -0.25) is 0 Å². The van der Waals surface area contributed by atoms with Gasteiger partial charge >= 0.3 is 0 Å². The van der Waals surface area contributed by atoms with E-state index in [1.54, 1.807) is 10.9 Å². The Hall–Kier alpha value is -1.86. The number of hydrogen-bond acceptors (Lipinski definition) is 3. The molecule has 1 aromatic heterocycles. The fourth-order valence-electron chi connectivity index (χ4n) is 2.13. The van der Waals surface area contributed by atoms with Crippen molar-refractivity contribution >= 4 is 33.2 Å². The zero-order valence-electron chi connectivity index (χ0n) is 12.4. The monoisotopic (exact) mass is 381 g/mol. The van der Waals surface area contributed by atoms with Gasteiger partial charge in [0, 0.05) is 24.0 Å². The summed E-state index contributed by atoms with van der Waals surface area (Å²) >= 11 is 11.8. The van der Waals surface area contributed by atoms with Crippen molar-refractivity contribution in [2.45, 2.75) is 11.4 Å². The molecule has 0 amide bonds. The van der Waals surface area contributed by atoms with E-state index in [1.165, 1.54) is 18.2 Å². The van der Waals surface area contributed by atoms with Crippen LogP contribution >= 0.6 is 23.2 Å². The van der Waals surface area contributed by atoms with Crippen LogP contribution in [0.15, 0.2) is 65.8 Å². The van der Waals surface area contributed by atoms with Crippen molar-refractivity contribution in [3.63, 3.8) is 0 Å². The summed E-state index contributed by atoms with van der Waals surface area (Å²) in [6, 6.07) is 13.5. The Morgan fingerprint density at radius 3 is 2.50 bits per heavy atom. The molecule has 0 atom stereocenters. The Labute approximate surface area is 149 Å². The molecule has 0 radical (unpaired) electrons. The predicted octanol–water partition coefficient (Wildman–Crippen LogP) is 3.66. The Morgan fingerprint density at radius 1 is 1.08 bits per heavy atom. The van der Waals surface area contributed by atoms with E-state index in [1.807, 2.05) is 36.5 Å². The maximum Gasteiger partial charge on any atom is 0.242 e. The lowest BCUT2D eigenvalue weighted by Gasteiger charge is -2.09. The maximum absolute atomic E-state index is 12.4. The number of aromatic nitrogens is 2. The van der Waals surface area contributed by atoms with Gasteiger partial charge < -0.3 is 0 Å². The van der Waals surface area contributed by atoms with E-state index in [2.05, 4.69) is 9.82 Å². The SMILES string of the molecule is O=S(=O)(NCc1ccc(-n2cccn2)cc1)c1cc(Cl)ccc1Cl. The Morgan fingerprint density at radius 2 is 1.83 bits per heavy atom. The number of hydrogen-bond donors (Lipinski definition) is 1. The first kappa shape index (κ1) is 17.0. The Kier molecular flexibility index (Phi) is 4.91. The molecule has 0 saturated heterocycles. The van der Waals surface area contributed by atoms with Crippen LogP contribution in [0.5, 0.6) is 0 Å². The smallest absolute Gasteiger partial charge is 0.241 e. The summed E-state index contributed by atoms with van der Waals surface area (Å²) in [4.78, 5) is -0.0372. The lowest BCUT2D eigenvalue weighted by atomic mass is 10.2. The molecular weight excluding hydrogens is 369 g/mol. The van der Waals surface area contributed by atoms with E-state index in [9.17, 15) is 8.42 Å². The molecule has 124 valence electrons. The van der Waals surface area contributed by atoms with E-state index in [4.69, 9.17) is 23.2 Å². The molecule has 0 saturated carbocycles. The van der Waals surface area contributed by atoms with Crippen LogP contribution in [0.4, 0.5) is 0 Å². The van der Waals surface area contributed by atoms with Crippen LogP contribution in [-0.4, -0.2) is 18.2 Å². The van der Waals surface area contributed by atoms with E-state index in [-0.39, 0.29) is 16.5 Å². The second-order valence-electron chi connectivity index (χ2n) is 5.02. The molecule has 8 heteroatoms. The average molecular weight is 382 g/mol. The molecule has 3 aromatic rings. The topological polar surface area (TPSA) is 64.0 Å². The van der Waals surface area contributed by atoms with Crippen molar-refractivity contribution in [3.8, 4) is 5.69 Å². The van der Waals surface area contributed by atoms with Gasteiger partial charge in [-0.15, -0.1) is 0 Å². The molecule has 0 spiro atoms. The number of rotatable bonds is 5. The summed E-state index contributed by atoms with van der Waals surface area (Å²) in [5.41, 5.74) is 1.71. The summed E-state index contributed by atoms with van der Waals surface area (Å²) in [6.07, 6.45) is 3.52. The highest BCUT2D eigenvalue weighted by Gasteiger charge is 2.18. The van der Waals surface area contributed by atoms with Gasteiger partial charge in [-0.2, -0.15) is 5.10 Å². The molecule has 5 nitrogen and oxygen atoms in total. The van der Waals surface area contributed by atoms with E-state index >= 15 is 0 Å². The molecule has 1 heterocycles. The van der Waals surface area contributed by atoms with Crippen LogP contribution in [0, 0.1) is 0 Å². The average Bonchev–Trinajstić information content (AvgIpc) is 3.10. The molecular formula is C16H13Cl2N3O2S. The highest BCUT2D eigenvalue weighted by molar-refractivity contribution is 7.89. The second kappa shape index (κ2) is 6.94. The Balaban J connectivity index is 1.74. The molecule has 1 N–H and O–H groups in total. The molecule has 0 fully saturated rings. The third-order valence-electron chi connectivity index (χ3n) is 3.35. The second-order valence-corrected chi connectivity index (χ2v) is 7.60. The zero-order chi connectivity index (χ0) is 17.2. The Bertz CT molecular complexity index is 940. The lowest BCUT2D eigenvalue weighted by molar-refractivity contribution is 0.581. The molecule has 0 bridgehead atoms. The first-order valence-electron chi connectivity index (χ1n) is 6.99. The molecule has 24 heavy (non-hydrogen) atoms. The van der Waals surface area contributed by atoms with E-state index in [0.29, 0.717) is 5.02 Å². The zero-order valence-corrected chi connectivity index (χ0v) is 14.7. The van der Waals surface area contributed by atoms with Gasteiger partial charge in [0.2, 0.25) is 10.0 Å². The van der Waals surface area contributed by atoms with Crippen molar-refractivity contribution in [3.05, 3.63) is 76.5 Å². The number of benzene rings is 2. The first-order chi connectivity index (χ1) is 11.5. The van der Waals surface area contributed by atoms with Crippen LogP contribution in [0.3, 0.4) is 0 Å². The molecule has 0 aliphatic heterocycles. The van der Waals surface area contributed by atoms with Crippen molar-refractivity contribution in [2.24, 2.45) is 0 Å². The number of sulfonamides is 1. The standard InChI is InChI=1S/C16H13Cl2N3O2S/c17-13-4-7-15(18)16(10-13)24(22,23)20-11-12-2-5-14(6-3-12)21-9-1-8-19-21/h1-10,20H,11H2. The van der Waals surface area contributed by atoms with E-state index in [0.717, 1.165) is 11.3 Å². The van der Waals surface area contributed by atoms with Crippen LogP contribution in [0.2, 0.25) is 10.0 Å². The van der Waals surface area contributed by atoms with Crippen LogP contribution in [0.25, 0.3) is 5.69 Å². The van der Waals surface area contributed by atoms with Crippen LogP contribution in [0.1, 0.15) is 5.56 Å². The van der Waals surface area contributed by atoms with Crippen molar-refractivity contribution < 1.29 is 8.42 Å². The summed E-state index contributed by atoms with van der Waals surface area (Å²) < 4.78 is 29.0. The predicted molar refractivity (Wildman–Crippen MR) is 94.1 cm³/mol. The molecule has 0 unspecified atom stereocenters. The third-order valence-corrected chi connectivity index (χ3v) is 5.47. The minimum absolute atomic E-state index is 0.0372. The van der Waals surface area contributed by atoms with E-state index < -0.39 is 10.0 Å². The summed E-state index contributed by atoms with van der Waals surface area (Å²) in [5.74, 6) is 0. The lowest BCUT2D eigenvalue weighted by Crippen LogP contribution is -2.23. The van der Waals surface area contributed by atoms with Crippen LogP contribution in [-0.2, 0) is 16.6 Å². The molecule has 0 aliphatic carbocycles. The summed E-state index contributed by atoms with van der Waals surface area (Å²) in [7, 11) is -3.75.